The van der Waals surface area contributed by atoms with Gasteiger partial charge >= 0.3 is 6.18 Å². The first-order valence-electron chi connectivity index (χ1n) is 3.98. The van der Waals surface area contributed by atoms with Crippen molar-refractivity contribution in [3.63, 3.8) is 0 Å². The van der Waals surface area contributed by atoms with Gasteiger partial charge in [0.05, 0.1) is 16.6 Å². The summed E-state index contributed by atoms with van der Waals surface area (Å²) in [7, 11) is 0. The summed E-state index contributed by atoms with van der Waals surface area (Å²) in [6.07, 6.45) is -3.45. The Morgan fingerprint density at radius 3 is 2.56 bits per heavy atom. The number of phenols is 1. The van der Waals surface area contributed by atoms with E-state index >= 15 is 0 Å². The quantitative estimate of drug-likeness (QED) is 0.673. The lowest BCUT2D eigenvalue weighted by molar-refractivity contribution is -0.138. The molecule has 7 heteroatoms. The molecule has 0 radical (unpaired) electrons. The number of nitrogens with zero attached hydrogens (tertiary/aromatic N) is 1. The number of carbonyl (C=O) groups excluding carboxylic acids is 1. The van der Waals surface area contributed by atoms with Crippen LogP contribution in [0.5, 0.6) is 5.75 Å². The van der Waals surface area contributed by atoms with Gasteiger partial charge in [0.2, 0.25) is 6.08 Å². The molecule has 3 nitrogen and oxygen atoms in total. The maximum Gasteiger partial charge on any atom is 0.416 e. The Balaban J connectivity index is 3.33. The van der Waals surface area contributed by atoms with Crippen LogP contribution in [0, 0.1) is 0 Å². The second kappa shape index (κ2) is 4.67. The number of aromatic hydroxyl groups is 1. The third kappa shape index (κ3) is 2.84. The van der Waals surface area contributed by atoms with Crippen LogP contribution in [0.2, 0.25) is 0 Å². The number of rotatable bonds is 2. The van der Waals surface area contributed by atoms with Crippen molar-refractivity contribution in [3.05, 3.63) is 27.7 Å². The summed E-state index contributed by atoms with van der Waals surface area (Å²) in [5, 5.41) is 9.16. The Morgan fingerprint density at radius 2 is 2.06 bits per heavy atom. The fourth-order valence-corrected chi connectivity index (χ4v) is 1.51. The van der Waals surface area contributed by atoms with Crippen molar-refractivity contribution in [2.24, 2.45) is 4.99 Å². The van der Waals surface area contributed by atoms with Crippen LogP contribution in [0.25, 0.3) is 0 Å². The molecule has 0 amide bonds. The van der Waals surface area contributed by atoms with Gasteiger partial charge in [0, 0.05) is 0 Å². The zero-order chi connectivity index (χ0) is 12.3. The molecular weight excluding hydrogens is 291 g/mol. The van der Waals surface area contributed by atoms with Gasteiger partial charge in [-0.15, -0.1) is 0 Å². The predicted molar refractivity (Wildman–Crippen MR) is 52.6 cm³/mol. The molecule has 1 N–H and O–H groups in total. The molecule has 0 aliphatic rings. The smallest absolute Gasteiger partial charge is 0.416 e. The predicted octanol–water partition coefficient (Wildman–Crippen LogP) is 3.01. The monoisotopic (exact) mass is 295 g/mol. The third-order valence-electron chi connectivity index (χ3n) is 1.79. The third-order valence-corrected chi connectivity index (χ3v) is 2.43. The highest BCUT2D eigenvalue weighted by Crippen LogP contribution is 2.37. The van der Waals surface area contributed by atoms with Gasteiger partial charge in [0.25, 0.3) is 0 Å². The van der Waals surface area contributed by atoms with E-state index in [4.69, 9.17) is 5.11 Å². The van der Waals surface area contributed by atoms with Crippen LogP contribution in [0.1, 0.15) is 11.1 Å². The molecule has 0 spiro atoms. The fraction of sp³-hybridized carbons (Fsp3) is 0.222. The number of phenolic OH excluding ortho intramolecular Hbond substituents is 1. The maximum absolute atomic E-state index is 12.5. The van der Waals surface area contributed by atoms with Gasteiger partial charge < -0.3 is 5.11 Å². The molecule has 86 valence electrons. The molecular formula is C9H5BrF3NO2. The first kappa shape index (κ1) is 12.7. The van der Waals surface area contributed by atoms with E-state index in [0.717, 1.165) is 12.1 Å². The number of hydrogen-bond acceptors (Lipinski definition) is 3. The molecule has 0 saturated heterocycles. The zero-order valence-electron chi connectivity index (χ0n) is 7.68. The fourth-order valence-electron chi connectivity index (χ4n) is 1.12. The molecule has 0 aromatic heterocycles. The topological polar surface area (TPSA) is 49.7 Å². The number of alkyl halides is 3. The molecule has 0 bridgehead atoms. The van der Waals surface area contributed by atoms with Crippen LogP contribution in [0.4, 0.5) is 13.2 Å². The molecule has 16 heavy (non-hydrogen) atoms. The molecule has 0 fully saturated rings. The number of aliphatic imine (C=N–C) groups is 1. The summed E-state index contributed by atoms with van der Waals surface area (Å²) in [6, 6.07) is 1.65. The van der Waals surface area contributed by atoms with Gasteiger partial charge in [-0.05, 0) is 33.6 Å². The van der Waals surface area contributed by atoms with Crippen molar-refractivity contribution in [1.82, 2.24) is 0 Å². The van der Waals surface area contributed by atoms with E-state index in [-0.39, 0.29) is 10.0 Å². The van der Waals surface area contributed by atoms with E-state index in [2.05, 4.69) is 20.9 Å². The first-order chi connectivity index (χ1) is 7.36. The molecule has 0 aliphatic carbocycles. The SMILES string of the molecule is O=C=NCc1cc(Br)c(O)cc1C(F)(F)F. The molecule has 0 unspecified atom stereocenters. The second-order valence-corrected chi connectivity index (χ2v) is 3.72. The Bertz CT molecular complexity index is 453. The van der Waals surface area contributed by atoms with E-state index in [0.29, 0.717) is 6.07 Å². The zero-order valence-corrected chi connectivity index (χ0v) is 9.26. The van der Waals surface area contributed by atoms with Crippen molar-refractivity contribution >= 4 is 22.0 Å². The van der Waals surface area contributed by atoms with E-state index in [1.165, 1.54) is 0 Å². The molecule has 0 aliphatic heterocycles. The second-order valence-electron chi connectivity index (χ2n) is 2.87. The largest absolute Gasteiger partial charge is 0.507 e. The van der Waals surface area contributed by atoms with Crippen LogP contribution in [-0.4, -0.2) is 11.2 Å². The molecule has 0 saturated carbocycles. The van der Waals surface area contributed by atoms with E-state index in [1.54, 1.807) is 0 Å². The number of halogens is 4. The normalized spacial score (nSPS) is 11.0. The Labute approximate surface area is 96.7 Å². The average Bonchev–Trinajstić information content (AvgIpc) is 2.17. The standard InChI is InChI=1S/C9H5BrF3NO2/c10-7-1-5(3-14-4-15)6(2-8(7)16)9(11,12)13/h1-2,16H,3H2. The molecule has 0 heterocycles. The van der Waals surface area contributed by atoms with Crippen LogP contribution < -0.4 is 0 Å². The summed E-state index contributed by atoms with van der Waals surface area (Å²) in [4.78, 5) is 12.9. The lowest BCUT2D eigenvalue weighted by atomic mass is 10.1. The van der Waals surface area contributed by atoms with Crippen molar-refractivity contribution in [1.29, 1.82) is 0 Å². The van der Waals surface area contributed by atoms with Gasteiger partial charge in [0.1, 0.15) is 5.75 Å². The lowest BCUT2D eigenvalue weighted by Gasteiger charge is -2.12. The Morgan fingerprint density at radius 1 is 1.44 bits per heavy atom. The number of benzene rings is 1. The van der Waals surface area contributed by atoms with Gasteiger partial charge in [0.15, 0.2) is 0 Å². The number of hydrogen-bond donors (Lipinski definition) is 1. The van der Waals surface area contributed by atoms with E-state index in [9.17, 15) is 18.0 Å². The summed E-state index contributed by atoms with van der Waals surface area (Å²) in [6.45, 7) is -0.433. The van der Waals surface area contributed by atoms with Crippen molar-refractivity contribution in [2.45, 2.75) is 12.7 Å². The van der Waals surface area contributed by atoms with Gasteiger partial charge in [-0.3, -0.25) is 0 Å². The highest BCUT2D eigenvalue weighted by atomic mass is 79.9. The van der Waals surface area contributed by atoms with E-state index in [1.807, 2.05) is 0 Å². The molecule has 1 aromatic rings. The average molecular weight is 296 g/mol. The Hall–Kier alpha value is -1.33. The van der Waals surface area contributed by atoms with Crippen molar-refractivity contribution in [3.8, 4) is 5.75 Å². The highest BCUT2D eigenvalue weighted by molar-refractivity contribution is 9.10. The van der Waals surface area contributed by atoms with Crippen LogP contribution in [-0.2, 0) is 17.5 Å². The Kier molecular flexibility index (Phi) is 3.72. The minimum atomic E-state index is -4.61. The minimum absolute atomic E-state index is 0.108. The molecule has 1 aromatic carbocycles. The van der Waals surface area contributed by atoms with E-state index < -0.39 is 24.0 Å². The summed E-state index contributed by atoms with van der Waals surface area (Å²) in [5.74, 6) is -0.522. The van der Waals surface area contributed by atoms with Crippen LogP contribution in [0.3, 0.4) is 0 Å². The van der Waals surface area contributed by atoms with Gasteiger partial charge in [-0.2, -0.15) is 13.2 Å². The van der Waals surface area contributed by atoms with Gasteiger partial charge in [-0.1, -0.05) is 0 Å². The van der Waals surface area contributed by atoms with Crippen molar-refractivity contribution in [2.75, 3.05) is 0 Å². The van der Waals surface area contributed by atoms with Crippen LogP contribution in [0.15, 0.2) is 21.6 Å². The molecule has 0 atom stereocenters. The number of isocyanates is 1. The lowest BCUT2D eigenvalue weighted by Crippen LogP contribution is -2.09. The summed E-state index contributed by atoms with van der Waals surface area (Å²) >= 11 is 2.88. The molecule has 1 rings (SSSR count). The summed E-state index contributed by atoms with van der Waals surface area (Å²) < 4.78 is 37.7. The van der Waals surface area contributed by atoms with Gasteiger partial charge in [-0.25, -0.2) is 9.79 Å². The summed E-state index contributed by atoms with van der Waals surface area (Å²) in [5.41, 5.74) is -1.23. The maximum atomic E-state index is 12.5. The first-order valence-corrected chi connectivity index (χ1v) is 4.77. The minimum Gasteiger partial charge on any atom is -0.507 e. The van der Waals surface area contributed by atoms with Crippen LogP contribution >= 0.6 is 15.9 Å². The van der Waals surface area contributed by atoms with Crippen molar-refractivity contribution < 1.29 is 23.1 Å². The highest BCUT2D eigenvalue weighted by Gasteiger charge is 2.34.